The molecule has 1 aromatic rings. The number of nitro benzene ring substituents is 1. The van der Waals surface area contributed by atoms with Crippen LogP contribution in [0.25, 0.3) is 0 Å². The van der Waals surface area contributed by atoms with Crippen LogP contribution in [-0.4, -0.2) is 34.3 Å². The molecule has 0 bridgehead atoms. The number of hydrogen-bond acceptors (Lipinski definition) is 6. The molecule has 9 nitrogen and oxygen atoms in total. The highest BCUT2D eigenvalue weighted by molar-refractivity contribution is 5.97. The minimum absolute atomic E-state index is 0.101. The predicted molar refractivity (Wildman–Crippen MR) is 86.2 cm³/mol. The average molecular weight is 347 g/mol. The van der Waals surface area contributed by atoms with Gasteiger partial charge in [-0.3, -0.25) is 24.6 Å². The van der Waals surface area contributed by atoms with Gasteiger partial charge in [0.1, 0.15) is 5.92 Å². The van der Waals surface area contributed by atoms with Crippen LogP contribution in [0, 0.1) is 16.0 Å². The highest BCUT2D eigenvalue weighted by atomic mass is 16.6. The summed E-state index contributed by atoms with van der Waals surface area (Å²) in [4.78, 5) is 47.7. The fraction of sp³-hybridized carbons (Fsp3) is 0.312. The van der Waals surface area contributed by atoms with Gasteiger partial charge in [-0.1, -0.05) is 18.7 Å². The maximum atomic E-state index is 12.4. The van der Waals surface area contributed by atoms with Crippen molar-refractivity contribution in [2.75, 3.05) is 6.61 Å². The number of non-ortho nitro benzene ring substituents is 1. The van der Waals surface area contributed by atoms with Gasteiger partial charge in [-0.05, 0) is 12.5 Å². The molecule has 0 radical (unpaired) electrons. The Morgan fingerprint density at radius 3 is 2.44 bits per heavy atom. The zero-order chi connectivity index (χ0) is 18.7. The molecule has 2 rings (SSSR count). The third-order valence-corrected chi connectivity index (χ3v) is 3.78. The molecule has 2 unspecified atom stereocenters. The summed E-state index contributed by atoms with van der Waals surface area (Å²) in [5.41, 5.74) is 0.337. The zero-order valence-electron chi connectivity index (χ0n) is 13.7. The van der Waals surface area contributed by atoms with Crippen LogP contribution in [0.3, 0.4) is 0 Å². The molecule has 0 aromatic heterocycles. The van der Waals surface area contributed by atoms with Gasteiger partial charge in [0.15, 0.2) is 0 Å². The molecular formula is C16H17N3O6. The van der Waals surface area contributed by atoms with Crippen molar-refractivity contribution in [2.45, 2.75) is 19.9 Å². The maximum absolute atomic E-state index is 12.4. The molecule has 1 heterocycles. The lowest BCUT2D eigenvalue weighted by molar-refractivity contribution is -0.384. The number of urea groups is 1. The molecule has 0 spiro atoms. The van der Waals surface area contributed by atoms with Gasteiger partial charge in [-0.15, -0.1) is 0 Å². The van der Waals surface area contributed by atoms with E-state index in [0.29, 0.717) is 5.56 Å². The molecule has 0 saturated carbocycles. The van der Waals surface area contributed by atoms with E-state index >= 15 is 0 Å². The Morgan fingerprint density at radius 1 is 1.36 bits per heavy atom. The number of ether oxygens (including phenoxy) is 1. The van der Waals surface area contributed by atoms with E-state index in [2.05, 4.69) is 11.9 Å². The van der Waals surface area contributed by atoms with Crippen molar-refractivity contribution < 1.29 is 24.0 Å². The Morgan fingerprint density at radius 2 is 1.96 bits per heavy atom. The smallest absolute Gasteiger partial charge is 0.328 e. The summed E-state index contributed by atoms with van der Waals surface area (Å²) in [6.45, 7) is 6.62. The normalized spacial score (nSPS) is 20.0. The predicted octanol–water partition coefficient (Wildman–Crippen LogP) is 1.90. The summed E-state index contributed by atoms with van der Waals surface area (Å²) < 4.78 is 5.03. The summed E-state index contributed by atoms with van der Waals surface area (Å²) >= 11 is 0. The van der Waals surface area contributed by atoms with Gasteiger partial charge >= 0.3 is 12.0 Å². The molecule has 1 fully saturated rings. The van der Waals surface area contributed by atoms with Gasteiger partial charge in [-0.2, -0.15) is 0 Å². The highest BCUT2D eigenvalue weighted by Crippen LogP contribution is 2.37. The molecule has 1 aliphatic rings. The van der Waals surface area contributed by atoms with Crippen LogP contribution in [0.5, 0.6) is 0 Å². The lowest BCUT2D eigenvalue weighted by Gasteiger charge is -2.39. The summed E-state index contributed by atoms with van der Waals surface area (Å²) in [6.07, 6.45) is 0. The van der Waals surface area contributed by atoms with Crippen LogP contribution in [0.15, 0.2) is 36.5 Å². The number of imide groups is 1. The number of rotatable bonds is 4. The molecular weight excluding hydrogens is 330 g/mol. The number of carbonyl (C=O) groups excluding carboxylic acids is 3. The summed E-state index contributed by atoms with van der Waals surface area (Å²) in [5.74, 6) is -2.26. The van der Waals surface area contributed by atoms with Crippen LogP contribution in [0.2, 0.25) is 0 Å². The molecule has 0 aliphatic carbocycles. The van der Waals surface area contributed by atoms with Gasteiger partial charge in [0.2, 0.25) is 5.91 Å². The maximum Gasteiger partial charge on any atom is 0.328 e. The molecule has 25 heavy (non-hydrogen) atoms. The minimum Gasteiger partial charge on any atom is -0.465 e. The van der Waals surface area contributed by atoms with Crippen LogP contribution < -0.4 is 5.32 Å². The van der Waals surface area contributed by atoms with E-state index in [0.717, 1.165) is 4.90 Å². The second-order valence-electron chi connectivity index (χ2n) is 5.37. The van der Waals surface area contributed by atoms with E-state index in [1.165, 1.54) is 31.2 Å². The second-order valence-corrected chi connectivity index (χ2v) is 5.37. The monoisotopic (exact) mass is 347 g/mol. The SMILES string of the molecule is C=C1NC(=O)N(C(C)=O)C(c2ccc([N+](=O)[O-])cc2)C1C(=O)OCC. The van der Waals surface area contributed by atoms with Gasteiger partial charge in [0.05, 0.1) is 17.6 Å². The topological polar surface area (TPSA) is 119 Å². The molecule has 1 saturated heterocycles. The largest absolute Gasteiger partial charge is 0.465 e. The molecule has 1 aromatic carbocycles. The number of nitrogens with one attached hydrogen (secondary N) is 1. The Kier molecular flexibility index (Phi) is 5.16. The van der Waals surface area contributed by atoms with E-state index in [9.17, 15) is 24.5 Å². The van der Waals surface area contributed by atoms with Gasteiger partial charge in [0.25, 0.3) is 5.69 Å². The zero-order valence-corrected chi connectivity index (χ0v) is 13.7. The van der Waals surface area contributed by atoms with E-state index in [1.807, 2.05) is 0 Å². The van der Waals surface area contributed by atoms with Crippen molar-refractivity contribution in [2.24, 2.45) is 5.92 Å². The first-order valence-corrected chi connectivity index (χ1v) is 7.48. The van der Waals surface area contributed by atoms with Crippen molar-refractivity contribution in [1.29, 1.82) is 0 Å². The van der Waals surface area contributed by atoms with Gasteiger partial charge in [-0.25, -0.2) is 4.79 Å². The van der Waals surface area contributed by atoms with Gasteiger partial charge in [0, 0.05) is 24.8 Å². The van der Waals surface area contributed by atoms with Crippen LogP contribution >= 0.6 is 0 Å². The fourth-order valence-electron chi connectivity index (χ4n) is 2.72. The van der Waals surface area contributed by atoms with Crippen molar-refractivity contribution in [3.63, 3.8) is 0 Å². The van der Waals surface area contributed by atoms with Crippen LogP contribution in [0.4, 0.5) is 10.5 Å². The fourth-order valence-corrected chi connectivity index (χ4v) is 2.72. The number of benzene rings is 1. The number of nitrogens with zero attached hydrogens (tertiary/aromatic N) is 2. The van der Waals surface area contributed by atoms with E-state index in [-0.39, 0.29) is 18.0 Å². The highest BCUT2D eigenvalue weighted by Gasteiger charge is 2.45. The lowest BCUT2D eigenvalue weighted by atomic mass is 9.87. The van der Waals surface area contributed by atoms with E-state index < -0.39 is 34.8 Å². The summed E-state index contributed by atoms with van der Waals surface area (Å²) in [5, 5.41) is 13.2. The Hall–Kier alpha value is -3.23. The molecule has 3 amide bonds. The average Bonchev–Trinajstić information content (AvgIpc) is 2.53. The molecule has 1 aliphatic heterocycles. The molecule has 1 N–H and O–H groups in total. The minimum atomic E-state index is -1.02. The third kappa shape index (κ3) is 3.49. The van der Waals surface area contributed by atoms with E-state index in [4.69, 9.17) is 4.74 Å². The Bertz CT molecular complexity index is 743. The van der Waals surface area contributed by atoms with Crippen LogP contribution in [-0.2, 0) is 14.3 Å². The van der Waals surface area contributed by atoms with Gasteiger partial charge < -0.3 is 10.1 Å². The number of hydrogen-bond donors (Lipinski definition) is 1. The molecule has 2 atom stereocenters. The standard InChI is InChI=1S/C16H17N3O6/c1-4-25-15(21)13-9(2)17-16(22)18(10(3)20)14(13)11-5-7-12(8-6-11)19(23)24/h5-8,13-14H,2,4H2,1,3H3,(H,17,22). The number of amides is 3. The Balaban J connectivity index is 2.54. The first-order valence-electron chi connectivity index (χ1n) is 7.48. The number of esters is 1. The van der Waals surface area contributed by atoms with Crippen LogP contribution in [0.1, 0.15) is 25.5 Å². The molecule has 9 heteroatoms. The van der Waals surface area contributed by atoms with E-state index in [1.54, 1.807) is 6.92 Å². The van der Waals surface area contributed by atoms with Crippen molar-refractivity contribution in [3.8, 4) is 0 Å². The van der Waals surface area contributed by atoms with Crippen molar-refractivity contribution in [1.82, 2.24) is 10.2 Å². The second kappa shape index (κ2) is 7.12. The third-order valence-electron chi connectivity index (χ3n) is 3.78. The summed E-state index contributed by atoms with van der Waals surface area (Å²) in [6, 6.07) is 3.56. The first-order chi connectivity index (χ1) is 11.8. The quantitative estimate of drug-likeness (QED) is 0.505. The Labute approximate surface area is 143 Å². The number of carbonyl (C=O) groups is 3. The lowest BCUT2D eigenvalue weighted by Crippen LogP contribution is -2.55. The first kappa shape index (κ1) is 18.1. The number of nitro groups is 1. The molecule has 132 valence electrons. The van der Waals surface area contributed by atoms with Crippen molar-refractivity contribution in [3.05, 3.63) is 52.2 Å². The van der Waals surface area contributed by atoms with Crippen molar-refractivity contribution >= 4 is 23.6 Å². The summed E-state index contributed by atoms with van der Waals surface area (Å²) in [7, 11) is 0.